The number of hydrogen-bond donors (Lipinski definition) is 1. The molecule has 0 fully saturated rings. The van der Waals surface area contributed by atoms with E-state index in [-0.39, 0.29) is 6.61 Å². The van der Waals surface area contributed by atoms with Crippen molar-refractivity contribution in [1.82, 2.24) is 0 Å². The van der Waals surface area contributed by atoms with Crippen LogP contribution in [0.1, 0.15) is 17.4 Å². The fourth-order valence-electron chi connectivity index (χ4n) is 1.47. The Bertz CT molecular complexity index is 493. The highest BCUT2D eigenvalue weighted by Gasteiger charge is 2.12. The van der Waals surface area contributed by atoms with Crippen molar-refractivity contribution in [2.24, 2.45) is 0 Å². The molecule has 0 aliphatic heterocycles. The number of aliphatic hydroxyl groups excluding tert-OH is 1. The van der Waals surface area contributed by atoms with E-state index in [1.807, 2.05) is 31.2 Å². The Hall–Kier alpha value is -1.26. The lowest BCUT2D eigenvalue weighted by atomic mass is 10.2. The number of rotatable bonds is 4. The maximum absolute atomic E-state index is 9.82. The summed E-state index contributed by atoms with van der Waals surface area (Å²) in [6.45, 7) is 2.16. The minimum absolute atomic E-state index is 0.170. The molecule has 2 rings (SSSR count). The third-order valence-electron chi connectivity index (χ3n) is 2.32. The smallest absolute Gasteiger partial charge is 0.169 e. The molecule has 90 valence electrons. The molecular formula is C13H13BrO3. The van der Waals surface area contributed by atoms with Crippen LogP contribution in [0, 0.1) is 6.92 Å². The average molecular weight is 297 g/mol. The van der Waals surface area contributed by atoms with E-state index in [0.29, 0.717) is 10.4 Å². The SMILES string of the molecule is Cc1cccc(OCC(O)c2ccc(Br)o2)c1. The van der Waals surface area contributed by atoms with E-state index >= 15 is 0 Å². The molecule has 2 aromatic rings. The Morgan fingerprint density at radius 2 is 2.18 bits per heavy atom. The molecule has 0 aliphatic rings. The van der Waals surface area contributed by atoms with E-state index in [0.717, 1.165) is 11.3 Å². The zero-order valence-corrected chi connectivity index (χ0v) is 11.0. The van der Waals surface area contributed by atoms with Crippen molar-refractivity contribution in [3.8, 4) is 5.75 Å². The van der Waals surface area contributed by atoms with Gasteiger partial charge in [-0.2, -0.15) is 0 Å². The van der Waals surface area contributed by atoms with Crippen LogP contribution in [0.5, 0.6) is 5.75 Å². The molecule has 1 atom stereocenters. The summed E-state index contributed by atoms with van der Waals surface area (Å²) in [6, 6.07) is 11.1. The summed E-state index contributed by atoms with van der Waals surface area (Å²) in [5.41, 5.74) is 1.12. The molecule has 1 aromatic carbocycles. The van der Waals surface area contributed by atoms with Gasteiger partial charge >= 0.3 is 0 Å². The van der Waals surface area contributed by atoms with Gasteiger partial charge in [-0.25, -0.2) is 0 Å². The Labute approximate surface area is 108 Å². The normalized spacial score (nSPS) is 12.4. The molecule has 4 heteroatoms. The molecule has 1 unspecified atom stereocenters. The van der Waals surface area contributed by atoms with E-state index in [2.05, 4.69) is 15.9 Å². The first kappa shape index (κ1) is 12.2. The summed E-state index contributed by atoms with van der Waals surface area (Å²) in [6.07, 6.45) is -0.762. The Kier molecular flexibility index (Phi) is 3.86. The topological polar surface area (TPSA) is 42.6 Å². The molecule has 0 amide bonds. The Balaban J connectivity index is 1.94. The first-order valence-corrected chi connectivity index (χ1v) is 6.07. The van der Waals surface area contributed by atoms with Gasteiger partial charge in [0.1, 0.15) is 24.2 Å². The van der Waals surface area contributed by atoms with Crippen LogP contribution in [0.4, 0.5) is 0 Å². The first-order valence-electron chi connectivity index (χ1n) is 5.28. The van der Waals surface area contributed by atoms with E-state index in [1.165, 1.54) is 0 Å². The van der Waals surface area contributed by atoms with Crippen LogP contribution in [0.2, 0.25) is 0 Å². The van der Waals surface area contributed by atoms with Gasteiger partial charge in [-0.15, -0.1) is 0 Å². The molecular weight excluding hydrogens is 284 g/mol. The van der Waals surface area contributed by atoms with Crippen LogP contribution in [-0.4, -0.2) is 11.7 Å². The lowest BCUT2D eigenvalue weighted by molar-refractivity contribution is 0.0879. The van der Waals surface area contributed by atoms with Crippen LogP contribution in [0.25, 0.3) is 0 Å². The number of halogens is 1. The van der Waals surface area contributed by atoms with Crippen molar-refractivity contribution in [2.45, 2.75) is 13.0 Å². The fourth-order valence-corrected chi connectivity index (χ4v) is 1.79. The van der Waals surface area contributed by atoms with Gasteiger partial charge < -0.3 is 14.3 Å². The maximum atomic E-state index is 9.82. The summed E-state index contributed by atoms with van der Waals surface area (Å²) in [5.74, 6) is 1.24. The van der Waals surface area contributed by atoms with Gasteiger partial charge in [0.2, 0.25) is 0 Å². The van der Waals surface area contributed by atoms with E-state index in [4.69, 9.17) is 9.15 Å². The van der Waals surface area contributed by atoms with E-state index in [1.54, 1.807) is 12.1 Å². The second kappa shape index (κ2) is 5.38. The zero-order valence-electron chi connectivity index (χ0n) is 9.39. The largest absolute Gasteiger partial charge is 0.490 e. The van der Waals surface area contributed by atoms with Crippen LogP contribution < -0.4 is 4.74 Å². The predicted molar refractivity (Wildman–Crippen MR) is 68.0 cm³/mol. The Morgan fingerprint density at radius 3 is 2.82 bits per heavy atom. The number of furan rings is 1. The van der Waals surface area contributed by atoms with Crippen LogP contribution in [-0.2, 0) is 0 Å². The molecule has 1 aromatic heterocycles. The van der Waals surface area contributed by atoms with E-state index in [9.17, 15) is 5.11 Å². The molecule has 0 spiro atoms. The van der Waals surface area contributed by atoms with Crippen molar-refractivity contribution in [3.05, 3.63) is 52.4 Å². The lowest BCUT2D eigenvalue weighted by Gasteiger charge is -2.10. The number of hydrogen-bond acceptors (Lipinski definition) is 3. The maximum Gasteiger partial charge on any atom is 0.169 e. The second-order valence-electron chi connectivity index (χ2n) is 3.79. The summed E-state index contributed by atoms with van der Waals surface area (Å²) < 4.78 is 11.3. The van der Waals surface area contributed by atoms with Crippen molar-refractivity contribution < 1.29 is 14.3 Å². The van der Waals surface area contributed by atoms with E-state index < -0.39 is 6.10 Å². The zero-order chi connectivity index (χ0) is 12.3. The molecule has 0 aliphatic carbocycles. The molecule has 17 heavy (non-hydrogen) atoms. The number of ether oxygens (including phenoxy) is 1. The quantitative estimate of drug-likeness (QED) is 0.939. The van der Waals surface area contributed by atoms with Crippen molar-refractivity contribution in [3.63, 3.8) is 0 Å². The summed E-state index contributed by atoms with van der Waals surface area (Å²) >= 11 is 3.19. The lowest BCUT2D eigenvalue weighted by Crippen LogP contribution is -2.08. The minimum Gasteiger partial charge on any atom is -0.490 e. The summed E-state index contributed by atoms with van der Waals surface area (Å²) in [7, 11) is 0. The van der Waals surface area contributed by atoms with Crippen LogP contribution in [0.3, 0.4) is 0 Å². The van der Waals surface area contributed by atoms with Crippen LogP contribution in [0.15, 0.2) is 45.5 Å². The number of aliphatic hydroxyl groups is 1. The van der Waals surface area contributed by atoms with Gasteiger partial charge in [0.05, 0.1) is 0 Å². The van der Waals surface area contributed by atoms with Crippen molar-refractivity contribution in [1.29, 1.82) is 0 Å². The molecule has 0 radical (unpaired) electrons. The number of aryl methyl sites for hydroxylation is 1. The average Bonchev–Trinajstić information content (AvgIpc) is 2.73. The molecule has 0 saturated carbocycles. The highest BCUT2D eigenvalue weighted by atomic mass is 79.9. The minimum atomic E-state index is -0.762. The molecule has 0 saturated heterocycles. The van der Waals surface area contributed by atoms with Gasteiger partial charge in [0.15, 0.2) is 4.67 Å². The molecule has 1 heterocycles. The van der Waals surface area contributed by atoms with Crippen LogP contribution >= 0.6 is 15.9 Å². The second-order valence-corrected chi connectivity index (χ2v) is 4.57. The molecule has 0 bridgehead atoms. The summed E-state index contributed by atoms with van der Waals surface area (Å²) in [5, 5.41) is 9.82. The van der Waals surface area contributed by atoms with Crippen molar-refractivity contribution >= 4 is 15.9 Å². The van der Waals surface area contributed by atoms with Crippen molar-refractivity contribution in [2.75, 3.05) is 6.61 Å². The highest BCUT2D eigenvalue weighted by molar-refractivity contribution is 9.10. The third kappa shape index (κ3) is 3.35. The summed E-state index contributed by atoms with van der Waals surface area (Å²) in [4.78, 5) is 0. The van der Waals surface area contributed by atoms with Gasteiger partial charge in [-0.3, -0.25) is 0 Å². The standard InChI is InChI=1S/C13H13BrO3/c1-9-3-2-4-10(7-9)16-8-11(15)12-5-6-13(14)17-12/h2-7,11,15H,8H2,1H3. The Morgan fingerprint density at radius 1 is 1.35 bits per heavy atom. The highest BCUT2D eigenvalue weighted by Crippen LogP contribution is 2.21. The predicted octanol–water partition coefficient (Wildman–Crippen LogP) is 3.46. The van der Waals surface area contributed by atoms with Gasteiger partial charge in [-0.1, -0.05) is 12.1 Å². The fraction of sp³-hybridized carbons (Fsp3) is 0.231. The monoisotopic (exact) mass is 296 g/mol. The van der Waals surface area contributed by atoms with Gasteiger partial charge in [0, 0.05) is 0 Å². The first-order chi connectivity index (χ1) is 8.15. The molecule has 3 nitrogen and oxygen atoms in total. The van der Waals surface area contributed by atoms with Gasteiger partial charge in [0.25, 0.3) is 0 Å². The van der Waals surface area contributed by atoms with Gasteiger partial charge in [-0.05, 0) is 52.7 Å². The third-order valence-corrected chi connectivity index (χ3v) is 2.75. The number of benzene rings is 1. The molecule has 1 N–H and O–H groups in total.